The number of aromatic nitrogens is 2. The molecule has 7 heteroatoms. The van der Waals surface area contributed by atoms with Crippen molar-refractivity contribution in [2.24, 2.45) is 5.73 Å². The summed E-state index contributed by atoms with van der Waals surface area (Å²) in [4.78, 5) is 20.5. The second kappa shape index (κ2) is 7.73. The summed E-state index contributed by atoms with van der Waals surface area (Å²) in [7, 11) is 0. The van der Waals surface area contributed by atoms with E-state index >= 15 is 0 Å². The van der Waals surface area contributed by atoms with Gasteiger partial charge in [-0.25, -0.2) is 9.37 Å². The Morgan fingerprint density at radius 2 is 2.16 bits per heavy atom. The lowest BCUT2D eigenvalue weighted by Gasteiger charge is -2.16. The van der Waals surface area contributed by atoms with E-state index in [1.165, 1.54) is 23.0 Å². The smallest absolute Gasteiger partial charge is 0.259 e. The van der Waals surface area contributed by atoms with Crippen LogP contribution in [0.5, 0.6) is 0 Å². The highest BCUT2D eigenvalue weighted by Gasteiger charge is 2.30. The van der Waals surface area contributed by atoms with Crippen molar-refractivity contribution in [2.75, 3.05) is 13.1 Å². The fraction of sp³-hybridized carbons (Fsp3) is 0.333. The van der Waals surface area contributed by atoms with Gasteiger partial charge in [0.15, 0.2) is 0 Å². The molecule has 31 heavy (non-hydrogen) atoms. The minimum Gasteiger partial charge on any atom is -0.365 e. The highest BCUT2D eigenvalue weighted by atomic mass is 32.1. The summed E-state index contributed by atoms with van der Waals surface area (Å²) in [5, 5.41) is 2.14. The van der Waals surface area contributed by atoms with Crippen molar-refractivity contribution in [2.45, 2.75) is 38.8 Å². The molecule has 3 aromatic heterocycles. The van der Waals surface area contributed by atoms with E-state index in [2.05, 4.69) is 34.5 Å². The number of thiophene rings is 1. The van der Waals surface area contributed by atoms with Crippen molar-refractivity contribution in [3.63, 3.8) is 0 Å². The number of primary amides is 1. The number of likely N-dealkylation sites (tertiary alicyclic amines) is 1. The number of carbonyl (C=O) groups excluding carboxylic acids is 1. The number of rotatable bonds is 5. The molecule has 1 saturated heterocycles. The van der Waals surface area contributed by atoms with E-state index in [4.69, 9.17) is 5.73 Å². The number of hydrogen-bond donors (Lipinski definition) is 1. The van der Waals surface area contributed by atoms with Gasteiger partial charge in [0.05, 0.1) is 10.4 Å². The first-order valence-corrected chi connectivity index (χ1v) is 11.4. The van der Waals surface area contributed by atoms with Gasteiger partial charge in [0.1, 0.15) is 10.6 Å². The number of fused-ring (bicyclic) bond motifs is 2. The lowest BCUT2D eigenvalue weighted by Crippen LogP contribution is -2.20. The van der Waals surface area contributed by atoms with Gasteiger partial charge in [-0.2, -0.15) is 0 Å². The Morgan fingerprint density at radius 1 is 1.32 bits per heavy atom. The first-order valence-electron chi connectivity index (χ1n) is 10.6. The van der Waals surface area contributed by atoms with Crippen LogP contribution < -0.4 is 5.73 Å². The van der Waals surface area contributed by atoms with E-state index in [-0.39, 0.29) is 23.7 Å². The molecule has 0 spiro atoms. The molecular formula is C24H25FN4OS. The maximum Gasteiger partial charge on any atom is 0.259 e. The minimum absolute atomic E-state index is 0.211. The summed E-state index contributed by atoms with van der Waals surface area (Å²) in [6.07, 6.45) is 4.88. The molecule has 0 bridgehead atoms. The molecule has 1 fully saturated rings. The van der Waals surface area contributed by atoms with Crippen molar-refractivity contribution in [1.29, 1.82) is 0 Å². The maximum atomic E-state index is 13.9. The molecule has 5 rings (SSSR count). The predicted octanol–water partition coefficient (Wildman–Crippen LogP) is 5.06. The molecule has 1 atom stereocenters. The summed E-state index contributed by atoms with van der Waals surface area (Å²) >= 11 is 1.39. The highest BCUT2D eigenvalue weighted by molar-refractivity contribution is 7.20. The number of benzene rings is 1. The summed E-state index contributed by atoms with van der Waals surface area (Å²) in [6.45, 7) is 6.82. The highest BCUT2D eigenvalue weighted by Crippen LogP contribution is 2.39. The van der Waals surface area contributed by atoms with Gasteiger partial charge < -0.3 is 10.3 Å². The Hall–Kier alpha value is -2.77. The van der Waals surface area contributed by atoms with E-state index in [1.807, 2.05) is 18.2 Å². The quantitative estimate of drug-likeness (QED) is 0.476. The third-order valence-corrected chi connectivity index (χ3v) is 7.38. The lowest BCUT2D eigenvalue weighted by atomic mass is 9.95. The molecule has 160 valence electrons. The van der Waals surface area contributed by atoms with Gasteiger partial charge in [-0.3, -0.25) is 9.69 Å². The van der Waals surface area contributed by atoms with Gasteiger partial charge >= 0.3 is 0 Å². The molecule has 1 amide bonds. The Balaban J connectivity index is 1.45. The number of hydrogen-bond acceptors (Lipinski definition) is 4. The second-order valence-electron chi connectivity index (χ2n) is 8.60. The number of amides is 1. The third-order valence-electron chi connectivity index (χ3n) is 6.24. The molecule has 5 nitrogen and oxygen atoms in total. The third kappa shape index (κ3) is 3.51. The second-order valence-corrected chi connectivity index (χ2v) is 9.60. The molecule has 0 saturated carbocycles. The van der Waals surface area contributed by atoms with Crippen molar-refractivity contribution >= 4 is 38.4 Å². The summed E-state index contributed by atoms with van der Waals surface area (Å²) in [5.74, 6) is -0.341. The average Bonchev–Trinajstić information content (AvgIpc) is 3.43. The van der Waals surface area contributed by atoms with Crippen LogP contribution in [0.4, 0.5) is 4.39 Å². The van der Waals surface area contributed by atoms with Gasteiger partial charge in [-0.15, -0.1) is 11.3 Å². The normalized spacial score (nSPS) is 17.4. The predicted molar refractivity (Wildman–Crippen MR) is 123 cm³/mol. The number of halogens is 1. The standard InChI is InChI=1S/C24H25FN4OS/c1-14(2)29-13-16(18-6-5-17(25)10-20(18)29)12-28-9-7-15(11-28)21-19-4-3-8-27-24(19)31-22(21)23(26)30/h3-6,8,10,13-15H,7,9,11-12H2,1-2H3,(H2,26,30)/t15-/m1/s1. The van der Waals surface area contributed by atoms with Gasteiger partial charge in [-0.05, 0) is 62.2 Å². The van der Waals surface area contributed by atoms with Crippen LogP contribution in [0.15, 0.2) is 42.7 Å². The molecule has 4 heterocycles. The first kappa shape index (κ1) is 20.2. The van der Waals surface area contributed by atoms with Crippen LogP contribution in [0.25, 0.3) is 21.1 Å². The zero-order valence-corrected chi connectivity index (χ0v) is 18.5. The summed E-state index contributed by atoms with van der Waals surface area (Å²) < 4.78 is 16.0. The number of carbonyl (C=O) groups is 1. The molecule has 0 unspecified atom stereocenters. The van der Waals surface area contributed by atoms with Crippen LogP contribution >= 0.6 is 11.3 Å². The van der Waals surface area contributed by atoms with E-state index in [1.54, 1.807) is 12.3 Å². The Labute approximate surface area is 184 Å². The fourth-order valence-electron chi connectivity index (χ4n) is 4.84. The monoisotopic (exact) mass is 436 g/mol. The zero-order chi connectivity index (χ0) is 21.7. The van der Waals surface area contributed by atoms with E-state index in [0.717, 1.165) is 52.7 Å². The maximum absolute atomic E-state index is 13.9. The van der Waals surface area contributed by atoms with Crippen molar-refractivity contribution in [3.8, 4) is 0 Å². The van der Waals surface area contributed by atoms with E-state index in [9.17, 15) is 9.18 Å². The van der Waals surface area contributed by atoms with Crippen molar-refractivity contribution < 1.29 is 9.18 Å². The van der Waals surface area contributed by atoms with Gasteiger partial charge in [-0.1, -0.05) is 6.07 Å². The molecule has 4 aromatic rings. The van der Waals surface area contributed by atoms with E-state index in [0.29, 0.717) is 4.88 Å². The van der Waals surface area contributed by atoms with Crippen LogP contribution in [-0.2, 0) is 6.54 Å². The number of nitrogens with zero attached hydrogens (tertiary/aromatic N) is 3. The van der Waals surface area contributed by atoms with Crippen molar-refractivity contribution in [3.05, 3.63) is 64.5 Å². The molecule has 0 radical (unpaired) electrons. The summed E-state index contributed by atoms with van der Waals surface area (Å²) in [5.41, 5.74) is 8.90. The molecule has 0 aliphatic carbocycles. The van der Waals surface area contributed by atoms with Gasteiger partial charge in [0.25, 0.3) is 5.91 Å². The van der Waals surface area contributed by atoms with E-state index < -0.39 is 0 Å². The van der Waals surface area contributed by atoms with Crippen LogP contribution in [0.3, 0.4) is 0 Å². The fourth-order valence-corrected chi connectivity index (χ4v) is 5.92. The van der Waals surface area contributed by atoms with Gasteiger partial charge in [0.2, 0.25) is 0 Å². The topological polar surface area (TPSA) is 64.2 Å². The number of nitrogens with two attached hydrogens (primary N) is 1. The van der Waals surface area contributed by atoms with Crippen LogP contribution in [0.1, 0.15) is 53.0 Å². The zero-order valence-electron chi connectivity index (χ0n) is 17.6. The first-order chi connectivity index (χ1) is 14.9. The SMILES string of the molecule is CC(C)n1cc(CN2CC[C@@H](c3c(C(N)=O)sc4ncccc34)C2)c2ccc(F)cc21. The summed E-state index contributed by atoms with van der Waals surface area (Å²) in [6, 6.07) is 9.24. The molecule has 1 aliphatic rings. The molecular weight excluding hydrogens is 411 g/mol. The minimum atomic E-state index is -0.376. The van der Waals surface area contributed by atoms with Crippen molar-refractivity contribution in [1.82, 2.24) is 14.5 Å². The van der Waals surface area contributed by atoms with Crippen LogP contribution in [-0.4, -0.2) is 33.4 Å². The Bertz CT molecular complexity index is 1290. The van der Waals surface area contributed by atoms with Crippen LogP contribution in [0.2, 0.25) is 0 Å². The molecule has 1 aromatic carbocycles. The Kier molecular flexibility index (Phi) is 5.02. The number of pyridine rings is 1. The average molecular weight is 437 g/mol. The molecule has 1 aliphatic heterocycles. The largest absolute Gasteiger partial charge is 0.365 e. The lowest BCUT2D eigenvalue weighted by molar-refractivity contribution is 0.100. The van der Waals surface area contributed by atoms with Gasteiger partial charge in [0, 0.05) is 48.2 Å². The van der Waals surface area contributed by atoms with Crippen LogP contribution in [0, 0.1) is 5.82 Å². The molecule has 2 N–H and O–H groups in total. The Morgan fingerprint density at radius 3 is 2.94 bits per heavy atom.